The first-order chi connectivity index (χ1) is 12.9. The van der Waals surface area contributed by atoms with E-state index in [9.17, 15) is 14.0 Å². The van der Waals surface area contributed by atoms with Crippen LogP contribution in [-0.2, 0) is 9.53 Å². The first-order valence-corrected chi connectivity index (χ1v) is 8.98. The van der Waals surface area contributed by atoms with Gasteiger partial charge in [0.25, 0.3) is 5.91 Å². The number of esters is 1. The topological polar surface area (TPSA) is 58.6 Å². The molecule has 0 fully saturated rings. The molecule has 0 aliphatic carbocycles. The zero-order valence-electron chi connectivity index (χ0n) is 14.7. The molecule has 2 aromatic carbocycles. The summed E-state index contributed by atoms with van der Waals surface area (Å²) in [6.07, 6.45) is 0.722. The van der Waals surface area contributed by atoms with Crippen molar-refractivity contribution in [1.29, 1.82) is 0 Å². The van der Waals surface area contributed by atoms with Gasteiger partial charge in [-0.3, -0.25) is 4.79 Å². The number of halogens is 3. The van der Waals surface area contributed by atoms with Crippen LogP contribution in [0.1, 0.15) is 16.8 Å². The number of amides is 1. The van der Waals surface area contributed by atoms with Crippen molar-refractivity contribution in [3.8, 4) is 0 Å². The Morgan fingerprint density at radius 1 is 1.15 bits per heavy atom. The minimum atomic E-state index is -0.894. The molecule has 0 saturated heterocycles. The van der Waals surface area contributed by atoms with Crippen molar-refractivity contribution in [2.24, 2.45) is 0 Å². The summed E-state index contributed by atoms with van der Waals surface area (Å²) in [7, 11) is 1.97. The highest BCUT2D eigenvalue weighted by Crippen LogP contribution is 2.24. The molecule has 144 valence electrons. The van der Waals surface area contributed by atoms with Gasteiger partial charge in [-0.05, 0) is 30.7 Å². The van der Waals surface area contributed by atoms with E-state index in [0.717, 1.165) is 30.8 Å². The molecule has 0 heterocycles. The lowest BCUT2D eigenvalue weighted by Crippen LogP contribution is -2.31. The van der Waals surface area contributed by atoms with E-state index in [1.165, 1.54) is 0 Å². The van der Waals surface area contributed by atoms with Gasteiger partial charge in [0.1, 0.15) is 5.82 Å². The van der Waals surface area contributed by atoms with Gasteiger partial charge in [-0.1, -0.05) is 41.4 Å². The van der Waals surface area contributed by atoms with E-state index in [4.69, 9.17) is 27.9 Å². The number of rotatable bonds is 8. The average Bonchev–Trinajstić information content (AvgIpc) is 2.66. The largest absolute Gasteiger partial charge is 0.452 e. The molecular formula is C19H19Cl2FN2O3. The van der Waals surface area contributed by atoms with Crippen LogP contribution in [0.2, 0.25) is 10.0 Å². The third kappa shape index (κ3) is 6.41. The normalized spacial score (nSPS) is 10.4. The van der Waals surface area contributed by atoms with Gasteiger partial charge in [-0.25, -0.2) is 9.18 Å². The predicted octanol–water partition coefficient (Wildman–Crippen LogP) is 3.93. The summed E-state index contributed by atoms with van der Waals surface area (Å²) in [6, 6.07) is 11.9. The number of hydrogen-bond donors (Lipinski definition) is 1. The van der Waals surface area contributed by atoms with E-state index in [2.05, 4.69) is 10.2 Å². The van der Waals surface area contributed by atoms with Gasteiger partial charge in [0.15, 0.2) is 6.61 Å². The van der Waals surface area contributed by atoms with Crippen molar-refractivity contribution in [2.45, 2.75) is 6.42 Å². The monoisotopic (exact) mass is 412 g/mol. The number of nitrogens with zero attached hydrogens (tertiary/aromatic N) is 1. The van der Waals surface area contributed by atoms with Crippen molar-refractivity contribution >= 4 is 40.8 Å². The van der Waals surface area contributed by atoms with E-state index >= 15 is 0 Å². The number of carbonyl (C=O) groups excluding carboxylic acids is 2. The first-order valence-electron chi connectivity index (χ1n) is 8.23. The summed E-state index contributed by atoms with van der Waals surface area (Å²) in [6.45, 7) is 0.710. The number of carbonyl (C=O) groups is 2. The molecule has 0 aromatic heterocycles. The average molecular weight is 413 g/mol. The lowest BCUT2D eigenvalue weighted by atomic mass is 10.2. The number of anilines is 1. The molecule has 0 radical (unpaired) electrons. The third-order valence-electron chi connectivity index (χ3n) is 3.75. The first kappa shape index (κ1) is 21.0. The zero-order chi connectivity index (χ0) is 19.8. The molecule has 2 rings (SSSR count). The van der Waals surface area contributed by atoms with E-state index in [-0.39, 0.29) is 15.6 Å². The van der Waals surface area contributed by atoms with Gasteiger partial charge in [0.2, 0.25) is 0 Å². The smallest absolute Gasteiger partial charge is 0.340 e. The zero-order valence-corrected chi connectivity index (χ0v) is 16.2. The summed E-state index contributed by atoms with van der Waals surface area (Å²) < 4.78 is 18.3. The van der Waals surface area contributed by atoms with E-state index < -0.39 is 24.3 Å². The highest BCUT2D eigenvalue weighted by atomic mass is 35.5. The molecule has 8 heteroatoms. The highest BCUT2D eigenvalue weighted by molar-refractivity contribution is 6.36. The number of benzene rings is 2. The maximum atomic E-state index is 13.4. The fraction of sp³-hybridized carbons (Fsp3) is 0.263. The minimum absolute atomic E-state index is 0.0456. The molecule has 0 aliphatic heterocycles. The molecule has 0 atom stereocenters. The molecule has 0 unspecified atom stereocenters. The lowest BCUT2D eigenvalue weighted by molar-refractivity contribution is -0.124. The SMILES string of the molecule is CN(CCCNC(=O)COC(=O)c1cc(F)c(Cl)cc1Cl)c1ccccc1. The van der Waals surface area contributed by atoms with Crippen LogP contribution in [0.15, 0.2) is 42.5 Å². The standard InChI is InChI=1S/C19H19Cl2FN2O3/c1-24(13-6-3-2-4-7-13)9-5-8-23-18(25)12-27-19(26)14-10-17(22)16(21)11-15(14)20/h2-4,6-7,10-11H,5,8-9,12H2,1H3,(H,23,25). The Morgan fingerprint density at radius 3 is 2.56 bits per heavy atom. The Hall–Kier alpha value is -2.31. The maximum Gasteiger partial charge on any atom is 0.340 e. The van der Waals surface area contributed by atoms with Crippen molar-refractivity contribution in [3.05, 3.63) is 63.9 Å². The Labute approximate surface area is 167 Å². The third-order valence-corrected chi connectivity index (χ3v) is 4.36. The Morgan fingerprint density at radius 2 is 1.85 bits per heavy atom. The Balaban J connectivity index is 1.70. The van der Waals surface area contributed by atoms with E-state index in [0.29, 0.717) is 6.54 Å². The van der Waals surface area contributed by atoms with Crippen molar-refractivity contribution < 1.29 is 18.7 Å². The van der Waals surface area contributed by atoms with Crippen LogP contribution in [0.4, 0.5) is 10.1 Å². The minimum Gasteiger partial charge on any atom is -0.452 e. The van der Waals surface area contributed by atoms with Gasteiger partial charge >= 0.3 is 5.97 Å². The molecule has 0 aliphatic rings. The Kier molecular flexibility index (Phi) is 7.88. The van der Waals surface area contributed by atoms with Crippen LogP contribution < -0.4 is 10.2 Å². The van der Waals surface area contributed by atoms with Crippen LogP contribution in [-0.4, -0.2) is 38.6 Å². The van der Waals surface area contributed by atoms with Gasteiger partial charge in [0, 0.05) is 25.8 Å². The van der Waals surface area contributed by atoms with Crippen LogP contribution in [0.25, 0.3) is 0 Å². The molecule has 0 bridgehead atoms. The van der Waals surface area contributed by atoms with Gasteiger partial charge in [-0.15, -0.1) is 0 Å². The summed E-state index contributed by atoms with van der Waals surface area (Å²) in [5, 5.41) is 2.42. The fourth-order valence-corrected chi connectivity index (χ4v) is 2.75. The number of nitrogens with one attached hydrogen (secondary N) is 1. The van der Waals surface area contributed by atoms with Crippen molar-refractivity contribution in [2.75, 3.05) is 31.6 Å². The summed E-state index contributed by atoms with van der Waals surface area (Å²) >= 11 is 11.4. The maximum absolute atomic E-state index is 13.4. The molecule has 5 nitrogen and oxygen atoms in total. The van der Waals surface area contributed by atoms with Gasteiger partial charge < -0.3 is 15.0 Å². The summed E-state index contributed by atoms with van der Waals surface area (Å²) in [5.74, 6) is -2.13. The molecular weight excluding hydrogens is 394 g/mol. The van der Waals surface area contributed by atoms with E-state index in [1.54, 1.807) is 0 Å². The van der Waals surface area contributed by atoms with Crippen LogP contribution in [0.3, 0.4) is 0 Å². The predicted molar refractivity (Wildman–Crippen MR) is 104 cm³/mol. The number of para-hydroxylation sites is 1. The summed E-state index contributed by atoms with van der Waals surface area (Å²) in [4.78, 5) is 25.7. The number of hydrogen-bond acceptors (Lipinski definition) is 4. The van der Waals surface area contributed by atoms with Crippen molar-refractivity contribution in [1.82, 2.24) is 5.32 Å². The molecule has 27 heavy (non-hydrogen) atoms. The lowest BCUT2D eigenvalue weighted by Gasteiger charge is -2.19. The summed E-state index contributed by atoms with van der Waals surface area (Å²) in [5.41, 5.74) is 0.903. The molecule has 0 spiro atoms. The molecule has 1 amide bonds. The second-order valence-electron chi connectivity index (χ2n) is 5.78. The number of ether oxygens (including phenoxy) is 1. The van der Waals surface area contributed by atoms with Crippen LogP contribution in [0.5, 0.6) is 0 Å². The van der Waals surface area contributed by atoms with Crippen LogP contribution in [0, 0.1) is 5.82 Å². The second kappa shape index (κ2) is 10.1. The Bertz CT molecular complexity index is 803. The van der Waals surface area contributed by atoms with E-state index in [1.807, 2.05) is 37.4 Å². The molecule has 2 aromatic rings. The van der Waals surface area contributed by atoms with Gasteiger partial charge in [-0.2, -0.15) is 0 Å². The highest BCUT2D eigenvalue weighted by Gasteiger charge is 2.16. The second-order valence-corrected chi connectivity index (χ2v) is 6.60. The quantitative estimate of drug-likeness (QED) is 0.405. The van der Waals surface area contributed by atoms with Crippen molar-refractivity contribution in [3.63, 3.8) is 0 Å². The molecule has 1 N–H and O–H groups in total. The van der Waals surface area contributed by atoms with Gasteiger partial charge in [0.05, 0.1) is 15.6 Å². The molecule has 0 saturated carbocycles. The van der Waals surface area contributed by atoms with Crippen LogP contribution >= 0.6 is 23.2 Å². The fourth-order valence-electron chi connectivity index (χ4n) is 2.29.